The second kappa shape index (κ2) is 6.28. The van der Waals surface area contributed by atoms with Gasteiger partial charge in [-0.2, -0.15) is 5.10 Å². The maximum atomic E-state index is 10.3. The Morgan fingerprint density at radius 1 is 1.38 bits per heavy atom. The summed E-state index contributed by atoms with van der Waals surface area (Å²) < 4.78 is 6.99. The Morgan fingerprint density at radius 2 is 2.12 bits per heavy atom. The Bertz CT molecular complexity index is 773. The second-order valence-electron chi connectivity index (χ2n) is 5.64. The van der Waals surface area contributed by atoms with Crippen LogP contribution in [-0.4, -0.2) is 65.5 Å². The van der Waals surface area contributed by atoms with Crippen molar-refractivity contribution in [3.63, 3.8) is 0 Å². The van der Waals surface area contributed by atoms with Crippen molar-refractivity contribution >= 4 is 28.6 Å². The van der Waals surface area contributed by atoms with Crippen LogP contribution in [0.1, 0.15) is 20.1 Å². The number of anilines is 2. The predicted octanol–water partition coefficient (Wildman–Crippen LogP) is -1.17. The quantitative estimate of drug-likeness (QED) is 0.341. The number of hydrogen-bond acceptors (Lipinski definition) is 10. The number of nitrogens with zero attached hydrogens (tertiary/aromatic N) is 5. The Balaban J connectivity index is 2.13. The van der Waals surface area contributed by atoms with Gasteiger partial charge < -0.3 is 25.8 Å². The molecule has 0 spiro atoms. The zero-order valence-corrected chi connectivity index (χ0v) is 13.2. The van der Waals surface area contributed by atoms with Gasteiger partial charge in [-0.3, -0.25) is 4.57 Å². The van der Waals surface area contributed by atoms with E-state index in [0.29, 0.717) is 11.2 Å². The van der Waals surface area contributed by atoms with Crippen molar-refractivity contribution in [2.24, 2.45) is 5.10 Å². The number of aliphatic hydroxyl groups excluding tert-OH is 3. The molecule has 4 atom stereocenters. The van der Waals surface area contributed by atoms with Crippen LogP contribution in [0.5, 0.6) is 0 Å². The van der Waals surface area contributed by atoms with Crippen LogP contribution >= 0.6 is 0 Å². The maximum Gasteiger partial charge on any atom is 0.228 e. The highest BCUT2D eigenvalue weighted by atomic mass is 16.6. The van der Waals surface area contributed by atoms with Gasteiger partial charge in [0.1, 0.15) is 24.6 Å². The molecule has 11 nitrogen and oxygen atoms in total. The van der Waals surface area contributed by atoms with E-state index in [0.717, 1.165) is 5.71 Å². The van der Waals surface area contributed by atoms with E-state index in [4.69, 9.17) is 10.5 Å². The van der Waals surface area contributed by atoms with Gasteiger partial charge in [0.05, 0.1) is 6.61 Å². The van der Waals surface area contributed by atoms with Crippen LogP contribution in [0.2, 0.25) is 0 Å². The highest BCUT2D eigenvalue weighted by Crippen LogP contribution is 2.35. The Labute approximate surface area is 136 Å². The molecule has 2 aromatic rings. The summed E-state index contributed by atoms with van der Waals surface area (Å²) in [5.41, 5.74) is 9.94. The molecule has 3 heterocycles. The number of aromatic nitrogens is 4. The smallest absolute Gasteiger partial charge is 0.228 e. The van der Waals surface area contributed by atoms with E-state index in [1.807, 2.05) is 0 Å². The number of hydrogen-bond donors (Lipinski definition) is 5. The van der Waals surface area contributed by atoms with Gasteiger partial charge in [0.15, 0.2) is 23.2 Å². The molecule has 0 radical (unpaired) electrons. The standard InChI is InChI=1S/C13H19N7O4/c1-5(2)18-19-13-17-7-10(14)15-4-16-11(7)20(13)12-9(23)8(22)6(3-21)24-12/h4,6,8-9,12,21-23H,3H2,1-2H3,(H,17,19)(H2,14,15,16)/t6-,8+,9-,12+/m0/s1. The van der Waals surface area contributed by atoms with Crippen molar-refractivity contribution in [2.45, 2.75) is 38.4 Å². The van der Waals surface area contributed by atoms with Crippen LogP contribution in [0.3, 0.4) is 0 Å². The molecule has 0 amide bonds. The van der Waals surface area contributed by atoms with Crippen LogP contribution in [0.4, 0.5) is 11.8 Å². The molecular weight excluding hydrogens is 318 g/mol. The third-order valence-electron chi connectivity index (χ3n) is 3.66. The summed E-state index contributed by atoms with van der Waals surface area (Å²) in [4.78, 5) is 12.3. The highest BCUT2D eigenvalue weighted by molar-refractivity contribution is 5.84. The lowest BCUT2D eigenvalue weighted by molar-refractivity contribution is -0.0501. The first-order chi connectivity index (χ1) is 11.4. The first kappa shape index (κ1) is 16.5. The number of rotatable bonds is 4. The van der Waals surface area contributed by atoms with E-state index in [2.05, 4.69) is 25.5 Å². The molecule has 24 heavy (non-hydrogen) atoms. The summed E-state index contributed by atoms with van der Waals surface area (Å²) in [7, 11) is 0. The summed E-state index contributed by atoms with van der Waals surface area (Å²) in [6.45, 7) is 3.15. The molecule has 6 N–H and O–H groups in total. The van der Waals surface area contributed by atoms with Crippen molar-refractivity contribution in [1.29, 1.82) is 0 Å². The molecule has 1 fully saturated rings. The van der Waals surface area contributed by atoms with Gasteiger partial charge in [0.25, 0.3) is 0 Å². The van der Waals surface area contributed by atoms with E-state index >= 15 is 0 Å². The number of nitrogens with two attached hydrogens (primary N) is 1. The predicted molar refractivity (Wildman–Crippen MR) is 85.2 cm³/mol. The SMILES string of the molecule is CC(C)=NNc1nc2c(N)ncnc2n1[C@@H]1O[C@@H](CO)[C@@H](O)[C@@H]1O. The summed E-state index contributed by atoms with van der Waals surface area (Å²) >= 11 is 0. The first-order valence-corrected chi connectivity index (χ1v) is 7.31. The summed E-state index contributed by atoms with van der Waals surface area (Å²) in [5, 5.41) is 33.6. The van der Waals surface area contributed by atoms with E-state index in [1.54, 1.807) is 13.8 Å². The third-order valence-corrected chi connectivity index (χ3v) is 3.66. The van der Waals surface area contributed by atoms with Gasteiger partial charge in [-0.1, -0.05) is 0 Å². The van der Waals surface area contributed by atoms with Gasteiger partial charge >= 0.3 is 0 Å². The van der Waals surface area contributed by atoms with E-state index < -0.39 is 31.1 Å². The summed E-state index contributed by atoms with van der Waals surface area (Å²) in [5.74, 6) is 0.374. The number of hydrazone groups is 1. The van der Waals surface area contributed by atoms with Gasteiger partial charge in [-0.05, 0) is 13.8 Å². The Kier molecular flexibility index (Phi) is 4.32. The van der Waals surface area contributed by atoms with Crippen molar-refractivity contribution in [3.05, 3.63) is 6.33 Å². The van der Waals surface area contributed by atoms with Crippen molar-refractivity contribution in [2.75, 3.05) is 17.8 Å². The fourth-order valence-corrected chi connectivity index (χ4v) is 2.50. The molecule has 2 aromatic heterocycles. The molecular formula is C13H19N7O4. The molecule has 0 bridgehead atoms. The maximum absolute atomic E-state index is 10.3. The van der Waals surface area contributed by atoms with Crippen LogP contribution < -0.4 is 11.2 Å². The number of aliphatic hydroxyl groups is 3. The highest BCUT2D eigenvalue weighted by Gasteiger charge is 2.45. The lowest BCUT2D eigenvalue weighted by Gasteiger charge is -2.18. The van der Waals surface area contributed by atoms with Gasteiger partial charge in [-0.15, -0.1) is 0 Å². The number of nitrogen functional groups attached to an aromatic ring is 1. The third kappa shape index (κ3) is 2.67. The molecule has 1 aliphatic rings. The average Bonchev–Trinajstić information content (AvgIpc) is 3.05. The van der Waals surface area contributed by atoms with Crippen molar-refractivity contribution in [3.8, 4) is 0 Å². The van der Waals surface area contributed by atoms with Gasteiger partial charge in [0, 0.05) is 5.71 Å². The van der Waals surface area contributed by atoms with Crippen molar-refractivity contribution in [1.82, 2.24) is 19.5 Å². The molecule has 0 unspecified atom stereocenters. The molecule has 1 saturated heterocycles. The van der Waals surface area contributed by atoms with E-state index in [-0.39, 0.29) is 11.8 Å². The molecule has 3 rings (SSSR count). The number of ether oxygens (including phenoxy) is 1. The number of fused-ring (bicyclic) bond motifs is 1. The normalized spacial score (nSPS) is 26.7. The molecule has 1 aliphatic heterocycles. The monoisotopic (exact) mass is 337 g/mol. The summed E-state index contributed by atoms with van der Waals surface area (Å²) in [6.07, 6.45) is -3.23. The van der Waals surface area contributed by atoms with E-state index in [9.17, 15) is 15.3 Å². The minimum absolute atomic E-state index is 0.158. The molecule has 0 aromatic carbocycles. The lowest BCUT2D eigenvalue weighted by Crippen LogP contribution is -2.33. The minimum atomic E-state index is -1.29. The first-order valence-electron chi connectivity index (χ1n) is 7.31. The largest absolute Gasteiger partial charge is 0.394 e. The fraction of sp³-hybridized carbons (Fsp3) is 0.538. The second-order valence-corrected chi connectivity index (χ2v) is 5.64. The van der Waals surface area contributed by atoms with Gasteiger partial charge in [0.2, 0.25) is 5.95 Å². The Hall–Kier alpha value is -2.34. The Morgan fingerprint density at radius 3 is 2.75 bits per heavy atom. The van der Waals surface area contributed by atoms with Crippen LogP contribution in [0.25, 0.3) is 11.2 Å². The molecule has 130 valence electrons. The zero-order valence-electron chi connectivity index (χ0n) is 13.2. The van der Waals surface area contributed by atoms with E-state index in [1.165, 1.54) is 10.9 Å². The summed E-state index contributed by atoms with van der Waals surface area (Å²) in [6, 6.07) is 0. The van der Waals surface area contributed by atoms with Crippen LogP contribution in [0, 0.1) is 0 Å². The molecule has 11 heteroatoms. The molecule has 0 saturated carbocycles. The topological polar surface area (TPSA) is 164 Å². The van der Waals surface area contributed by atoms with Crippen LogP contribution in [0.15, 0.2) is 11.4 Å². The van der Waals surface area contributed by atoms with Gasteiger partial charge in [-0.25, -0.2) is 20.4 Å². The fourth-order valence-electron chi connectivity index (χ4n) is 2.50. The zero-order chi connectivity index (χ0) is 17.4. The average molecular weight is 337 g/mol. The number of imidazole rings is 1. The minimum Gasteiger partial charge on any atom is -0.394 e. The lowest BCUT2D eigenvalue weighted by atomic mass is 10.1. The van der Waals surface area contributed by atoms with Crippen LogP contribution in [-0.2, 0) is 4.74 Å². The molecule has 0 aliphatic carbocycles. The van der Waals surface area contributed by atoms with Crippen molar-refractivity contribution < 1.29 is 20.1 Å². The number of nitrogens with one attached hydrogen (secondary N) is 1.